The van der Waals surface area contributed by atoms with E-state index in [4.69, 9.17) is 15.2 Å². The molecule has 0 aliphatic rings. The number of hydrogen-bond donors (Lipinski definition) is 1. The minimum Gasteiger partial charge on any atom is -0.467 e. The quantitative estimate of drug-likeness (QED) is 0.275. The van der Waals surface area contributed by atoms with Crippen molar-refractivity contribution >= 4 is 19.7 Å². The van der Waals surface area contributed by atoms with Crippen LogP contribution in [0.5, 0.6) is 5.75 Å². The molecule has 0 bridgehead atoms. The van der Waals surface area contributed by atoms with Crippen molar-refractivity contribution < 1.29 is 19.0 Å². The van der Waals surface area contributed by atoms with Crippen LogP contribution in [0.3, 0.4) is 0 Å². The summed E-state index contributed by atoms with van der Waals surface area (Å²) in [6, 6.07) is 5.86. The van der Waals surface area contributed by atoms with E-state index in [0.29, 0.717) is 23.6 Å². The highest BCUT2D eigenvalue weighted by Crippen LogP contribution is 2.19. The fourth-order valence-electron chi connectivity index (χ4n) is 1.49. The van der Waals surface area contributed by atoms with Crippen LogP contribution >= 0.6 is 0 Å². The van der Waals surface area contributed by atoms with Gasteiger partial charge in [-0.25, -0.2) is 4.79 Å². The van der Waals surface area contributed by atoms with E-state index >= 15 is 0 Å². The van der Waals surface area contributed by atoms with E-state index in [1.165, 1.54) is 7.11 Å². The Balaban J connectivity index is 2.48. The van der Waals surface area contributed by atoms with Gasteiger partial charge in [0.15, 0.2) is 6.79 Å². The SMILES string of the molecule is COC(=O)c1cc(N)cc(OCOCC[Si](C)(C)C)c1. The minimum absolute atomic E-state index is 0.147. The van der Waals surface area contributed by atoms with Crippen LogP contribution in [-0.4, -0.2) is 34.6 Å². The van der Waals surface area contributed by atoms with Gasteiger partial charge in [0.25, 0.3) is 0 Å². The van der Waals surface area contributed by atoms with E-state index < -0.39 is 14.0 Å². The summed E-state index contributed by atoms with van der Waals surface area (Å²) in [6.45, 7) is 7.70. The highest BCUT2D eigenvalue weighted by atomic mass is 28.3. The fraction of sp³-hybridized carbons (Fsp3) is 0.500. The van der Waals surface area contributed by atoms with E-state index in [0.717, 1.165) is 6.04 Å². The van der Waals surface area contributed by atoms with Crippen molar-refractivity contribution in [1.82, 2.24) is 0 Å². The number of carbonyl (C=O) groups is 1. The van der Waals surface area contributed by atoms with Crippen LogP contribution in [0.25, 0.3) is 0 Å². The Morgan fingerprint density at radius 3 is 2.55 bits per heavy atom. The van der Waals surface area contributed by atoms with E-state index in [9.17, 15) is 4.79 Å². The molecule has 1 aromatic carbocycles. The average Bonchev–Trinajstić information content (AvgIpc) is 2.35. The van der Waals surface area contributed by atoms with Crippen LogP contribution < -0.4 is 10.5 Å². The van der Waals surface area contributed by atoms with Gasteiger partial charge < -0.3 is 19.9 Å². The molecule has 0 aliphatic heterocycles. The molecule has 0 aromatic heterocycles. The highest BCUT2D eigenvalue weighted by Gasteiger charge is 2.12. The normalized spacial score (nSPS) is 11.2. The number of benzene rings is 1. The first kappa shape index (κ1) is 16.5. The lowest BCUT2D eigenvalue weighted by molar-refractivity contribution is 0.0219. The molecule has 2 N–H and O–H groups in total. The zero-order valence-corrected chi connectivity index (χ0v) is 13.6. The Hall–Kier alpha value is -1.53. The summed E-state index contributed by atoms with van der Waals surface area (Å²) in [5.74, 6) is 0.0557. The molecule has 0 saturated heterocycles. The molecule has 0 atom stereocenters. The van der Waals surface area contributed by atoms with Crippen LogP contribution in [0.1, 0.15) is 10.4 Å². The van der Waals surface area contributed by atoms with Crippen molar-refractivity contribution in [3.63, 3.8) is 0 Å². The number of ether oxygens (including phenoxy) is 3. The zero-order chi connectivity index (χ0) is 15.2. The predicted octanol–water partition coefficient (Wildman–Crippen LogP) is 2.75. The summed E-state index contributed by atoms with van der Waals surface area (Å²) < 4.78 is 15.5. The largest absolute Gasteiger partial charge is 0.467 e. The molecular formula is C14H23NO4Si. The lowest BCUT2D eigenvalue weighted by atomic mass is 10.2. The van der Waals surface area contributed by atoms with Crippen LogP contribution in [-0.2, 0) is 9.47 Å². The van der Waals surface area contributed by atoms with E-state index in [2.05, 4.69) is 24.4 Å². The van der Waals surface area contributed by atoms with Crippen LogP contribution in [0.4, 0.5) is 5.69 Å². The summed E-state index contributed by atoms with van der Waals surface area (Å²) in [5.41, 5.74) is 6.53. The Bertz CT molecular complexity index is 457. The number of carbonyl (C=O) groups excluding carboxylic acids is 1. The fourth-order valence-corrected chi connectivity index (χ4v) is 2.24. The summed E-state index contributed by atoms with van der Waals surface area (Å²) in [5, 5.41) is 0. The Kier molecular flexibility index (Phi) is 6.03. The molecule has 0 heterocycles. The average molecular weight is 297 g/mol. The second-order valence-corrected chi connectivity index (χ2v) is 11.4. The van der Waals surface area contributed by atoms with Crippen molar-refractivity contribution in [2.75, 3.05) is 26.2 Å². The van der Waals surface area contributed by atoms with Crippen LogP contribution in [0.15, 0.2) is 18.2 Å². The molecule has 0 spiro atoms. The Morgan fingerprint density at radius 2 is 1.95 bits per heavy atom. The summed E-state index contributed by atoms with van der Waals surface area (Å²) in [6.07, 6.45) is 0. The number of rotatable bonds is 7. The molecule has 0 amide bonds. The third-order valence-corrected chi connectivity index (χ3v) is 4.36. The molecule has 20 heavy (non-hydrogen) atoms. The maximum atomic E-state index is 11.4. The van der Waals surface area contributed by atoms with E-state index in [1.807, 2.05) is 0 Å². The first-order chi connectivity index (χ1) is 9.31. The smallest absolute Gasteiger partial charge is 0.338 e. The molecule has 1 aromatic rings. The summed E-state index contributed by atoms with van der Waals surface area (Å²) in [7, 11) is 0.239. The van der Waals surface area contributed by atoms with Crippen molar-refractivity contribution in [3.8, 4) is 5.75 Å². The summed E-state index contributed by atoms with van der Waals surface area (Å²) >= 11 is 0. The van der Waals surface area contributed by atoms with Crippen molar-refractivity contribution in [1.29, 1.82) is 0 Å². The maximum Gasteiger partial charge on any atom is 0.338 e. The Labute approximate surface area is 121 Å². The first-order valence-electron chi connectivity index (χ1n) is 6.51. The van der Waals surface area contributed by atoms with Crippen molar-refractivity contribution in [2.24, 2.45) is 0 Å². The van der Waals surface area contributed by atoms with Gasteiger partial charge in [-0.1, -0.05) is 19.6 Å². The molecule has 0 unspecified atom stereocenters. The number of hydrogen-bond acceptors (Lipinski definition) is 5. The van der Waals surface area contributed by atoms with Gasteiger partial charge in [-0.05, 0) is 18.2 Å². The number of esters is 1. The molecule has 6 heteroatoms. The molecule has 0 radical (unpaired) electrons. The van der Waals surface area contributed by atoms with Gasteiger partial charge >= 0.3 is 5.97 Å². The first-order valence-corrected chi connectivity index (χ1v) is 10.2. The van der Waals surface area contributed by atoms with Gasteiger partial charge in [-0.15, -0.1) is 0 Å². The Morgan fingerprint density at radius 1 is 1.25 bits per heavy atom. The zero-order valence-electron chi connectivity index (χ0n) is 12.6. The van der Waals surface area contributed by atoms with Gasteiger partial charge in [0.1, 0.15) is 5.75 Å². The molecular weight excluding hydrogens is 274 g/mol. The van der Waals surface area contributed by atoms with Gasteiger partial charge in [-0.3, -0.25) is 0 Å². The second kappa shape index (κ2) is 7.30. The number of nitrogens with two attached hydrogens (primary N) is 1. The lowest BCUT2D eigenvalue weighted by Crippen LogP contribution is -2.22. The standard InChI is InChI=1S/C14H23NO4Si/c1-17-14(16)11-7-12(15)9-13(8-11)19-10-18-5-6-20(2,3)4/h7-9H,5-6,10,15H2,1-4H3. The molecule has 1 rings (SSSR count). The maximum absolute atomic E-state index is 11.4. The third kappa shape index (κ3) is 6.07. The molecule has 112 valence electrons. The topological polar surface area (TPSA) is 70.8 Å². The second-order valence-electron chi connectivity index (χ2n) is 5.76. The predicted molar refractivity (Wildman–Crippen MR) is 81.8 cm³/mol. The minimum atomic E-state index is -1.09. The van der Waals surface area contributed by atoms with Crippen molar-refractivity contribution in [2.45, 2.75) is 25.7 Å². The molecule has 0 fully saturated rings. The lowest BCUT2D eigenvalue weighted by Gasteiger charge is -2.15. The van der Waals surface area contributed by atoms with Gasteiger partial charge in [0.2, 0.25) is 0 Å². The highest BCUT2D eigenvalue weighted by molar-refractivity contribution is 6.76. The van der Waals surface area contributed by atoms with Gasteiger partial charge in [0.05, 0.1) is 12.7 Å². The summed E-state index contributed by atoms with van der Waals surface area (Å²) in [4.78, 5) is 11.4. The monoisotopic (exact) mass is 297 g/mol. The van der Waals surface area contributed by atoms with Crippen LogP contribution in [0.2, 0.25) is 25.7 Å². The molecule has 0 aliphatic carbocycles. The van der Waals surface area contributed by atoms with E-state index in [-0.39, 0.29) is 6.79 Å². The van der Waals surface area contributed by atoms with Crippen LogP contribution in [0, 0.1) is 0 Å². The number of anilines is 1. The number of methoxy groups -OCH3 is 1. The molecule has 0 saturated carbocycles. The number of nitrogen functional groups attached to an aromatic ring is 1. The molecule has 5 nitrogen and oxygen atoms in total. The van der Waals surface area contributed by atoms with Gasteiger partial charge in [-0.2, -0.15) is 0 Å². The van der Waals surface area contributed by atoms with Gasteiger partial charge in [0, 0.05) is 26.4 Å². The van der Waals surface area contributed by atoms with E-state index in [1.54, 1.807) is 18.2 Å². The van der Waals surface area contributed by atoms with Crippen molar-refractivity contribution in [3.05, 3.63) is 23.8 Å². The third-order valence-electron chi connectivity index (χ3n) is 2.66.